The molecule has 0 atom stereocenters. The summed E-state index contributed by atoms with van der Waals surface area (Å²) in [7, 11) is 0. The standard InChI is InChI=1S/C17H13BrN2O2S/c1-11-2-4-13(5-3-11)16-19-20-17(22-16)23-10-15(21)12-6-8-14(18)9-7-12/h2-9H,10H2,1H3. The topological polar surface area (TPSA) is 56.0 Å². The zero-order valence-electron chi connectivity index (χ0n) is 12.3. The molecule has 116 valence electrons. The molecule has 3 rings (SSSR count). The maximum atomic E-state index is 12.1. The molecule has 23 heavy (non-hydrogen) atoms. The first kappa shape index (κ1) is 16.0. The van der Waals surface area contributed by atoms with Crippen LogP contribution in [0.2, 0.25) is 0 Å². The molecule has 0 spiro atoms. The van der Waals surface area contributed by atoms with E-state index in [1.54, 1.807) is 12.1 Å². The Morgan fingerprint density at radius 2 is 1.78 bits per heavy atom. The maximum Gasteiger partial charge on any atom is 0.277 e. The molecule has 1 heterocycles. The highest BCUT2D eigenvalue weighted by Gasteiger charge is 2.12. The fourth-order valence-electron chi connectivity index (χ4n) is 1.93. The molecule has 0 aliphatic heterocycles. The molecule has 0 saturated heterocycles. The number of rotatable bonds is 5. The summed E-state index contributed by atoms with van der Waals surface area (Å²) in [6, 6.07) is 15.1. The van der Waals surface area contributed by atoms with Gasteiger partial charge >= 0.3 is 0 Å². The van der Waals surface area contributed by atoms with Gasteiger partial charge in [-0.2, -0.15) is 0 Å². The molecule has 0 amide bonds. The largest absolute Gasteiger partial charge is 0.411 e. The van der Waals surface area contributed by atoms with Crippen molar-refractivity contribution >= 4 is 33.5 Å². The number of aromatic nitrogens is 2. The number of benzene rings is 2. The lowest BCUT2D eigenvalue weighted by atomic mass is 10.1. The molecule has 0 aliphatic rings. The van der Waals surface area contributed by atoms with Gasteiger partial charge in [0.05, 0.1) is 5.75 Å². The van der Waals surface area contributed by atoms with E-state index in [0.717, 1.165) is 10.0 Å². The highest BCUT2D eigenvalue weighted by Crippen LogP contribution is 2.24. The SMILES string of the molecule is Cc1ccc(-c2nnc(SCC(=O)c3ccc(Br)cc3)o2)cc1. The van der Waals surface area contributed by atoms with Crippen LogP contribution in [0.25, 0.3) is 11.5 Å². The van der Waals surface area contributed by atoms with Crippen LogP contribution in [0.15, 0.2) is 62.6 Å². The zero-order chi connectivity index (χ0) is 16.2. The molecular formula is C17H13BrN2O2S. The van der Waals surface area contributed by atoms with Crippen LogP contribution in [0.4, 0.5) is 0 Å². The monoisotopic (exact) mass is 388 g/mol. The van der Waals surface area contributed by atoms with Crippen LogP contribution in [-0.4, -0.2) is 21.7 Å². The minimum absolute atomic E-state index is 0.0255. The number of hydrogen-bond acceptors (Lipinski definition) is 5. The van der Waals surface area contributed by atoms with Crippen molar-refractivity contribution in [3.8, 4) is 11.5 Å². The quantitative estimate of drug-likeness (QED) is 0.464. The van der Waals surface area contributed by atoms with Gasteiger partial charge in [-0.3, -0.25) is 4.79 Å². The van der Waals surface area contributed by atoms with Crippen molar-refractivity contribution in [3.05, 3.63) is 64.1 Å². The minimum atomic E-state index is 0.0255. The van der Waals surface area contributed by atoms with Crippen LogP contribution >= 0.6 is 27.7 Å². The van der Waals surface area contributed by atoms with Gasteiger partial charge in [-0.25, -0.2) is 0 Å². The van der Waals surface area contributed by atoms with E-state index in [9.17, 15) is 4.79 Å². The van der Waals surface area contributed by atoms with Crippen molar-refractivity contribution < 1.29 is 9.21 Å². The molecule has 0 N–H and O–H groups in total. The number of carbonyl (C=O) groups excluding carboxylic acids is 1. The Bertz CT molecular complexity index is 813. The van der Waals surface area contributed by atoms with E-state index in [4.69, 9.17) is 4.42 Å². The van der Waals surface area contributed by atoms with Gasteiger partial charge in [-0.15, -0.1) is 10.2 Å². The predicted octanol–water partition coefficient (Wildman–Crippen LogP) is 4.78. The maximum absolute atomic E-state index is 12.1. The Morgan fingerprint density at radius 1 is 1.09 bits per heavy atom. The lowest BCUT2D eigenvalue weighted by Gasteiger charge is -1.99. The number of aryl methyl sites for hydroxylation is 1. The molecule has 0 fully saturated rings. The number of thioether (sulfide) groups is 1. The molecule has 0 saturated carbocycles. The van der Waals surface area contributed by atoms with Gasteiger partial charge < -0.3 is 4.42 Å². The summed E-state index contributed by atoms with van der Waals surface area (Å²) in [4.78, 5) is 12.1. The zero-order valence-corrected chi connectivity index (χ0v) is 14.7. The summed E-state index contributed by atoms with van der Waals surface area (Å²) in [5.74, 6) is 0.748. The minimum Gasteiger partial charge on any atom is -0.411 e. The van der Waals surface area contributed by atoms with E-state index in [2.05, 4.69) is 26.1 Å². The Balaban J connectivity index is 1.64. The molecule has 2 aromatic carbocycles. The number of nitrogens with zero attached hydrogens (tertiary/aromatic N) is 2. The van der Waals surface area contributed by atoms with E-state index in [0.29, 0.717) is 16.7 Å². The summed E-state index contributed by atoms with van der Waals surface area (Å²) in [5, 5.41) is 8.40. The lowest BCUT2D eigenvalue weighted by Crippen LogP contribution is -2.01. The van der Waals surface area contributed by atoms with Crippen molar-refractivity contribution in [1.29, 1.82) is 0 Å². The van der Waals surface area contributed by atoms with Crippen LogP contribution < -0.4 is 0 Å². The molecule has 6 heteroatoms. The molecular weight excluding hydrogens is 376 g/mol. The summed E-state index contributed by atoms with van der Waals surface area (Å²) < 4.78 is 6.54. The first-order valence-electron chi connectivity index (χ1n) is 6.94. The smallest absolute Gasteiger partial charge is 0.277 e. The van der Waals surface area contributed by atoms with Gasteiger partial charge in [0, 0.05) is 15.6 Å². The molecule has 4 nitrogen and oxygen atoms in total. The predicted molar refractivity (Wildman–Crippen MR) is 93.7 cm³/mol. The van der Waals surface area contributed by atoms with E-state index in [1.807, 2.05) is 43.3 Å². The second kappa shape index (κ2) is 7.10. The number of ketones is 1. The average Bonchev–Trinajstić information content (AvgIpc) is 3.03. The third-order valence-electron chi connectivity index (χ3n) is 3.20. The van der Waals surface area contributed by atoms with E-state index >= 15 is 0 Å². The fourth-order valence-corrected chi connectivity index (χ4v) is 2.85. The normalized spacial score (nSPS) is 10.7. The Labute approximate surface area is 146 Å². The van der Waals surface area contributed by atoms with Gasteiger partial charge in [-0.1, -0.05) is 57.5 Å². The Morgan fingerprint density at radius 3 is 2.48 bits per heavy atom. The van der Waals surface area contributed by atoms with Crippen molar-refractivity contribution in [1.82, 2.24) is 10.2 Å². The van der Waals surface area contributed by atoms with Gasteiger partial charge in [0.2, 0.25) is 5.89 Å². The van der Waals surface area contributed by atoms with Crippen LogP contribution in [0.1, 0.15) is 15.9 Å². The lowest BCUT2D eigenvalue weighted by molar-refractivity contribution is 0.102. The first-order chi connectivity index (χ1) is 11.1. The molecule has 3 aromatic rings. The fraction of sp³-hybridized carbons (Fsp3) is 0.118. The first-order valence-corrected chi connectivity index (χ1v) is 8.72. The van der Waals surface area contributed by atoms with Crippen molar-refractivity contribution in [2.24, 2.45) is 0 Å². The molecule has 1 aromatic heterocycles. The summed E-state index contributed by atoms with van der Waals surface area (Å²) >= 11 is 4.59. The van der Waals surface area contributed by atoms with Crippen molar-refractivity contribution in [2.45, 2.75) is 12.1 Å². The second-order valence-corrected chi connectivity index (χ2v) is 6.80. The van der Waals surface area contributed by atoms with Gasteiger partial charge in [-0.05, 0) is 31.2 Å². The number of hydrogen-bond donors (Lipinski definition) is 0. The van der Waals surface area contributed by atoms with Gasteiger partial charge in [0.1, 0.15) is 0 Å². The number of halogens is 1. The molecule has 0 bridgehead atoms. The van der Waals surface area contributed by atoms with Crippen LogP contribution in [-0.2, 0) is 0 Å². The van der Waals surface area contributed by atoms with E-state index < -0.39 is 0 Å². The summed E-state index contributed by atoms with van der Waals surface area (Å²) in [6.07, 6.45) is 0. The van der Waals surface area contributed by atoms with E-state index in [-0.39, 0.29) is 11.5 Å². The van der Waals surface area contributed by atoms with Crippen molar-refractivity contribution in [2.75, 3.05) is 5.75 Å². The molecule has 0 aliphatic carbocycles. The van der Waals surface area contributed by atoms with Gasteiger partial charge in [0.15, 0.2) is 5.78 Å². The van der Waals surface area contributed by atoms with Crippen molar-refractivity contribution in [3.63, 3.8) is 0 Å². The molecule has 0 radical (unpaired) electrons. The van der Waals surface area contributed by atoms with E-state index in [1.165, 1.54) is 17.3 Å². The number of carbonyl (C=O) groups is 1. The van der Waals surface area contributed by atoms with Crippen LogP contribution in [0.5, 0.6) is 0 Å². The highest BCUT2D eigenvalue weighted by atomic mass is 79.9. The van der Waals surface area contributed by atoms with Crippen LogP contribution in [0, 0.1) is 6.92 Å². The van der Waals surface area contributed by atoms with Crippen LogP contribution in [0.3, 0.4) is 0 Å². The average molecular weight is 389 g/mol. The second-order valence-electron chi connectivity index (χ2n) is 4.96. The highest BCUT2D eigenvalue weighted by molar-refractivity contribution is 9.10. The molecule has 0 unspecified atom stereocenters. The third kappa shape index (κ3) is 4.09. The van der Waals surface area contributed by atoms with Gasteiger partial charge in [0.25, 0.3) is 5.22 Å². The number of Topliss-reactive ketones (excluding diaryl/α,β-unsaturated/α-hetero) is 1. The third-order valence-corrected chi connectivity index (χ3v) is 4.55. The Kier molecular flexibility index (Phi) is 4.93. The Hall–Kier alpha value is -1.92. The summed E-state index contributed by atoms with van der Waals surface area (Å²) in [6.45, 7) is 2.02. The summed E-state index contributed by atoms with van der Waals surface area (Å²) in [5.41, 5.74) is 2.70.